The third-order valence-corrected chi connectivity index (χ3v) is 1.74. The number of hydrogen-bond donors (Lipinski definition) is 0. The number of allylic oxidation sites excluding steroid dienone is 1. The maximum absolute atomic E-state index is 11.2. The van der Waals surface area contributed by atoms with Gasteiger partial charge in [0.05, 0.1) is 5.03 Å². The zero-order chi connectivity index (χ0) is 9.14. The van der Waals surface area contributed by atoms with E-state index in [-0.39, 0.29) is 10.8 Å². The second kappa shape index (κ2) is 3.74. The molecule has 1 rings (SSSR count). The summed E-state index contributed by atoms with van der Waals surface area (Å²) in [4.78, 5) is 11.2. The molecule has 0 aliphatic rings. The maximum atomic E-state index is 11.2. The minimum atomic E-state index is -0.292. The largest absolute Gasteiger partial charge is 0.288 e. The van der Waals surface area contributed by atoms with Crippen molar-refractivity contribution >= 4 is 29.0 Å². The Morgan fingerprint density at radius 1 is 1.42 bits per heavy atom. The standard InChI is InChI=1S/C9H6Cl2O/c1-6(10)9(12)7-3-2-4-8(11)5-7/h2-5H,1H2. The fourth-order valence-corrected chi connectivity index (χ4v) is 1.09. The summed E-state index contributed by atoms with van der Waals surface area (Å²) in [6, 6.07) is 6.57. The molecule has 1 nitrogen and oxygen atoms in total. The molecule has 3 heteroatoms. The SMILES string of the molecule is C=C(Cl)C(=O)c1cccc(Cl)c1. The van der Waals surface area contributed by atoms with Gasteiger partial charge in [-0.2, -0.15) is 0 Å². The van der Waals surface area contributed by atoms with Gasteiger partial charge >= 0.3 is 0 Å². The first-order chi connectivity index (χ1) is 5.61. The molecule has 0 amide bonds. The lowest BCUT2D eigenvalue weighted by atomic mass is 10.1. The highest BCUT2D eigenvalue weighted by atomic mass is 35.5. The number of hydrogen-bond acceptors (Lipinski definition) is 1. The van der Waals surface area contributed by atoms with E-state index in [1.807, 2.05) is 0 Å². The molecule has 0 unspecified atom stereocenters. The van der Waals surface area contributed by atoms with E-state index < -0.39 is 0 Å². The molecule has 0 aliphatic carbocycles. The smallest absolute Gasteiger partial charge is 0.203 e. The zero-order valence-corrected chi connectivity index (χ0v) is 7.69. The van der Waals surface area contributed by atoms with Gasteiger partial charge in [-0.1, -0.05) is 41.9 Å². The van der Waals surface area contributed by atoms with Crippen LogP contribution in [0.5, 0.6) is 0 Å². The van der Waals surface area contributed by atoms with Gasteiger partial charge in [0.15, 0.2) is 0 Å². The van der Waals surface area contributed by atoms with E-state index in [0.29, 0.717) is 10.6 Å². The molecular weight excluding hydrogens is 195 g/mol. The van der Waals surface area contributed by atoms with Crippen LogP contribution in [0.15, 0.2) is 35.9 Å². The van der Waals surface area contributed by atoms with Crippen LogP contribution in [0, 0.1) is 0 Å². The van der Waals surface area contributed by atoms with Crippen LogP contribution in [-0.4, -0.2) is 5.78 Å². The van der Waals surface area contributed by atoms with Crippen LogP contribution in [-0.2, 0) is 0 Å². The summed E-state index contributed by atoms with van der Waals surface area (Å²) in [5.74, 6) is -0.292. The van der Waals surface area contributed by atoms with Crippen LogP contribution in [0.25, 0.3) is 0 Å². The Hall–Kier alpha value is -0.790. The zero-order valence-electron chi connectivity index (χ0n) is 6.18. The molecule has 1 aromatic carbocycles. The molecule has 0 bridgehead atoms. The molecular formula is C9H6Cl2O. The van der Waals surface area contributed by atoms with Gasteiger partial charge in [0, 0.05) is 10.6 Å². The molecule has 0 atom stereocenters. The van der Waals surface area contributed by atoms with Crippen molar-refractivity contribution in [2.24, 2.45) is 0 Å². The molecule has 0 saturated carbocycles. The highest BCUT2D eigenvalue weighted by Gasteiger charge is 2.07. The summed E-state index contributed by atoms with van der Waals surface area (Å²) >= 11 is 11.1. The molecule has 0 aromatic heterocycles. The van der Waals surface area contributed by atoms with Gasteiger partial charge in [-0.05, 0) is 12.1 Å². The molecule has 0 spiro atoms. The molecule has 1 aromatic rings. The summed E-state index contributed by atoms with van der Waals surface area (Å²) in [6.45, 7) is 3.33. The van der Waals surface area contributed by atoms with Crippen LogP contribution >= 0.6 is 23.2 Å². The number of carbonyl (C=O) groups is 1. The van der Waals surface area contributed by atoms with Crippen molar-refractivity contribution in [3.8, 4) is 0 Å². The topological polar surface area (TPSA) is 17.1 Å². The lowest BCUT2D eigenvalue weighted by Crippen LogP contribution is -1.96. The van der Waals surface area contributed by atoms with Crippen LogP contribution in [0.3, 0.4) is 0 Å². The van der Waals surface area contributed by atoms with Gasteiger partial charge in [-0.25, -0.2) is 0 Å². The predicted octanol–water partition coefficient (Wildman–Crippen LogP) is 3.28. The van der Waals surface area contributed by atoms with Crippen LogP contribution in [0.2, 0.25) is 5.02 Å². The lowest BCUT2D eigenvalue weighted by Gasteiger charge is -1.97. The number of carbonyl (C=O) groups excluding carboxylic acids is 1. The van der Waals surface area contributed by atoms with Crippen molar-refractivity contribution in [3.63, 3.8) is 0 Å². The van der Waals surface area contributed by atoms with Crippen molar-refractivity contribution in [1.82, 2.24) is 0 Å². The molecule has 0 N–H and O–H groups in total. The first-order valence-electron chi connectivity index (χ1n) is 3.26. The molecule has 62 valence electrons. The van der Waals surface area contributed by atoms with Gasteiger partial charge < -0.3 is 0 Å². The molecule has 12 heavy (non-hydrogen) atoms. The molecule has 0 fully saturated rings. The normalized spacial score (nSPS) is 9.50. The molecule has 0 radical (unpaired) electrons. The van der Waals surface area contributed by atoms with Crippen molar-refractivity contribution < 1.29 is 4.79 Å². The number of ketones is 1. The minimum absolute atomic E-state index is 0.00253. The first kappa shape index (κ1) is 9.30. The predicted molar refractivity (Wildman–Crippen MR) is 50.8 cm³/mol. The van der Waals surface area contributed by atoms with Crippen molar-refractivity contribution in [2.75, 3.05) is 0 Å². The lowest BCUT2D eigenvalue weighted by molar-refractivity contribution is 0.104. The van der Waals surface area contributed by atoms with Crippen LogP contribution in [0.4, 0.5) is 0 Å². The van der Waals surface area contributed by atoms with Crippen LogP contribution in [0.1, 0.15) is 10.4 Å². The second-order valence-electron chi connectivity index (χ2n) is 2.24. The molecule has 0 saturated heterocycles. The van der Waals surface area contributed by atoms with E-state index in [0.717, 1.165) is 0 Å². The van der Waals surface area contributed by atoms with Crippen molar-refractivity contribution in [3.05, 3.63) is 46.5 Å². The van der Waals surface area contributed by atoms with E-state index in [1.165, 1.54) is 0 Å². The highest BCUT2D eigenvalue weighted by Crippen LogP contribution is 2.14. The Morgan fingerprint density at radius 3 is 2.58 bits per heavy atom. The fraction of sp³-hybridized carbons (Fsp3) is 0. The Labute approximate surface area is 80.6 Å². The first-order valence-corrected chi connectivity index (χ1v) is 4.01. The molecule has 0 heterocycles. The van der Waals surface area contributed by atoms with Gasteiger partial charge in [0.25, 0.3) is 0 Å². The number of benzene rings is 1. The maximum Gasteiger partial charge on any atom is 0.203 e. The average Bonchev–Trinajstić information content (AvgIpc) is 2.03. The van der Waals surface area contributed by atoms with Crippen molar-refractivity contribution in [1.29, 1.82) is 0 Å². The Morgan fingerprint density at radius 2 is 2.08 bits per heavy atom. The van der Waals surface area contributed by atoms with E-state index in [9.17, 15) is 4.79 Å². The van der Waals surface area contributed by atoms with E-state index in [4.69, 9.17) is 23.2 Å². The van der Waals surface area contributed by atoms with E-state index in [1.54, 1.807) is 24.3 Å². The van der Waals surface area contributed by atoms with Crippen LogP contribution < -0.4 is 0 Å². The number of rotatable bonds is 2. The Bertz CT molecular complexity index is 331. The summed E-state index contributed by atoms with van der Waals surface area (Å²) in [7, 11) is 0. The monoisotopic (exact) mass is 200 g/mol. The highest BCUT2D eigenvalue weighted by molar-refractivity contribution is 6.45. The number of Topliss-reactive ketones (excluding diaryl/α,β-unsaturated/α-hetero) is 1. The average molecular weight is 201 g/mol. The summed E-state index contributed by atoms with van der Waals surface area (Å²) < 4.78 is 0. The fourth-order valence-electron chi connectivity index (χ4n) is 0.786. The van der Waals surface area contributed by atoms with Gasteiger partial charge in [-0.15, -0.1) is 0 Å². The van der Waals surface area contributed by atoms with Gasteiger partial charge in [0.1, 0.15) is 0 Å². The van der Waals surface area contributed by atoms with E-state index >= 15 is 0 Å². The summed E-state index contributed by atoms with van der Waals surface area (Å²) in [5, 5.41) is 0.510. The quantitative estimate of drug-likeness (QED) is 0.530. The minimum Gasteiger partial charge on any atom is -0.288 e. The Kier molecular flexibility index (Phi) is 2.90. The summed E-state index contributed by atoms with van der Waals surface area (Å²) in [6.07, 6.45) is 0. The van der Waals surface area contributed by atoms with Gasteiger partial charge in [-0.3, -0.25) is 4.79 Å². The third-order valence-electron chi connectivity index (χ3n) is 1.33. The molecule has 0 aliphatic heterocycles. The Balaban J connectivity index is 3.04. The van der Waals surface area contributed by atoms with Gasteiger partial charge in [0.2, 0.25) is 5.78 Å². The third kappa shape index (κ3) is 2.10. The van der Waals surface area contributed by atoms with E-state index in [2.05, 4.69) is 6.58 Å². The van der Waals surface area contributed by atoms with Crippen molar-refractivity contribution in [2.45, 2.75) is 0 Å². The number of halogens is 2. The second-order valence-corrected chi connectivity index (χ2v) is 3.14. The summed E-state index contributed by atoms with van der Waals surface area (Å²) in [5.41, 5.74) is 0.461.